The van der Waals surface area contributed by atoms with Crippen molar-refractivity contribution in [1.29, 1.82) is 0 Å². The van der Waals surface area contributed by atoms with Gasteiger partial charge in [0.25, 0.3) is 5.56 Å². The van der Waals surface area contributed by atoms with E-state index in [0.29, 0.717) is 17.1 Å². The number of carbonyl (C=O) groups excluding carboxylic acids is 1. The van der Waals surface area contributed by atoms with E-state index in [2.05, 4.69) is 20.1 Å². The second-order valence-corrected chi connectivity index (χ2v) is 5.82. The van der Waals surface area contributed by atoms with E-state index >= 15 is 0 Å². The van der Waals surface area contributed by atoms with Gasteiger partial charge in [0, 0.05) is 0 Å². The summed E-state index contributed by atoms with van der Waals surface area (Å²) in [5, 5.41) is 11.3. The van der Waals surface area contributed by atoms with Crippen molar-refractivity contribution in [2.24, 2.45) is 10.2 Å². The Morgan fingerprint density at radius 3 is 2.58 bits per heavy atom. The molecule has 132 valence electrons. The molecule has 0 fully saturated rings. The number of methoxy groups -OCH3 is 1. The van der Waals surface area contributed by atoms with E-state index in [1.54, 1.807) is 25.1 Å². The molecule has 3 rings (SSSR count). The summed E-state index contributed by atoms with van der Waals surface area (Å²) in [5.41, 5.74) is 1.69. The first-order valence-electron chi connectivity index (χ1n) is 7.68. The number of halogens is 1. The molecule has 0 saturated heterocycles. The van der Waals surface area contributed by atoms with Gasteiger partial charge in [0.1, 0.15) is 0 Å². The third-order valence-corrected chi connectivity index (χ3v) is 4.01. The molecule has 3 aromatic rings. The van der Waals surface area contributed by atoms with Gasteiger partial charge in [-0.1, -0.05) is 29.8 Å². The van der Waals surface area contributed by atoms with Crippen molar-refractivity contribution in [2.45, 2.75) is 6.92 Å². The van der Waals surface area contributed by atoms with Crippen LogP contribution in [-0.2, 0) is 4.74 Å². The molecule has 8 heteroatoms. The molecular formula is C18H15ClN4O3. The number of carbonyl (C=O) groups is 1. The number of para-hydroxylation sites is 1. The summed E-state index contributed by atoms with van der Waals surface area (Å²) in [6, 6.07) is 13.7. The molecule has 7 nitrogen and oxygen atoms in total. The number of benzene rings is 2. The van der Waals surface area contributed by atoms with Crippen LogP contribution >= 0.6 is 11.6 Å². The van der Waals surface area contributed by atoms with Gasteiger partial charge in [-0.25, -0.2) is 9.48 Å². The standard InChI is InChI=1S/C18H15ClN4O3/c1-11-16(17(24)23(22-11)13-6-4-3-5-7-13)21-20-12-8-9-15(19)14(10-12)18(25)26-2/h3-10,22H,1-2H3. The van der Waals surface area contributed by atoms with Crippen molar-refractivity contribution in [3.63, 3.8) is 0 Å². The van der Waals surface area contributed by atoms with Crippen molar-refractivity contribution in [3.8, 4) is 5.69 Å². The molecule has 0 spiro atoms. The normalized spacial score (nSPS) is 11.0. The molecule has 0 atom stereocenters. The first-order chi connectivity index (χ1) is 12.5. The van der Waals surface area contributed by atoms with Crippen molar-refractivity contribution in [1.82, 2.24) is 9.78 Å². The molecule has 1 heterocycles. The van der Waals surface area contributed by atoms with Crippen LogP contribution < -0.4 is 5.56 Å². The van der Waals surface area contributed by atoms with Gasteiger partial charge in [-0.2, -0.15) is 5.11 Å². The van der Waals surface area contributed by atoms with Gasteiger partial charge in [0.2, 0.25) is 0 Å². The lowest BCUT2D eigenvalue weighted by atomic mass is 10.2. The Morgan fingerprint density at radius 2 is 1.88 bits per heavy atom. The monoisotopic (exact) mass is 370 g/mol. The summed E-state index contributed by atoms with van der Waals surface area (Å²) in [6.45, 7) is 1.73. The number of aromatic nitrogens is 2. The minimum atomic E-state index is -0.573. The van der Waals surface area contributed by atoms with Crippen LogP contribution in [0.4, 0.5) is 11.4 Å². The zero-order valence-electron chi connectivity index (χ0n) is 14.1. The Morgan fingerprint density at radius 1 is 1.15 bits per heavy atom. The first kappa shape index (κ1) is 17.6. The maximum Gasteiger partial charge on any atom is 0.339 e. The molecule has 0 saturated carbocycles. The Bertz CT molecular complexity index is 1040. The van der Waals surface area contributed by atoms with E-state index in [0.717, 1.165) is 0 Å². The minimum Gasteiger partial charge on any atom is -0.465 e. The highest BCUT2D eigenvalue weighted by atomic mass is 35.5. The van der Waals surface area contributed by atoms with E-state index < -0.39 is 5.97 Å². The van der Waals surface area contributed by atoms with Gasteiger partial charge in [0.15, 0.2) is 5.69 Å². The van der Waals surface area contributed by atoms with Crippen LogP contribution in [0.1, 0.15) is 16.1 Å². The van der Waals surface area contributed by atoms with Gasteiger partial charge < -0.3 is 4.74 Å². The van der Waals surface area contributed by atoms with Gasteiger partial charge in [-0.3, -0.25) is 9.89 Å². The van der Waals surface area contributed by atoms with Crippen molar-refractivity contribution >= 4 is 28.9 Å². The lowest BCUT2D eigenvalue weighted by Gasteiger charge is -2.02. The second kappa shape index (κ2) is 7.37. The average Bonchev–Trinajstić information content (AvgIpc) is 2.95. The largest absolute Gasteiger partial charge is 0.465 e. The highest BCUT2D eigenvalue weighted by Crippen LogP contribution is 2.25. The Kier molecular flexibility index (Phi) is 4.99. The Balaban J connectivity index is 1.96. The Hall–Kier alpha value is -3.19. The first-order valence-corrected chi connectivity index (χ1v) is 8.05. The third-order valence-electron chi connectivity index (χ3n) is 3.68. The lowest BCUT2D eigenvalue weighted by Crippen LogP contribution is -2.13. The molecule has 1 aromatic heterocycles. The molecule has 0 aliphatic rings. The average molecular weight is 371 g/mol. The zero-order valence-corrected chi connectivity index (χ0v) is 14.8. The summed E-state index contributed by atoms with van der Waals surface area (Å²) in [7, 11) is 1.27. The van der Waals surface area contributed by atoms with Crippen LogP contribution in [0.2, 0.25) is 5.02 Å². The van der Waals surface area contributed by atoms with E-state index in [1.807, 2.05) is 18.2 Å². The number of ether oxygens (including phenoxy) is 1. The van der Waals surface area contributed by atoms with Crippen LogP contribution in [0, 0.1) is 6.92 Å². The van der Waals surface area contributed by atoms with Crippen molar-refractivity contribution in [3.05, 3.63) is 75.2 Å². The topological polar surface area (TPSA) is 88.8 Å². The van der Waals surface area contributed by atoms with Gasteiger partial charge in [-0.15, -0.1) is 5.11 Å². The molecule has 0 radical (unpaired) electrons. The fourth-order valence-corrected chi connectivity index (χ4v) is 2.56. The van der Waals surface area contributed by atoms with Crippen LogP contribution in [-0.4, -0.2) is 22.9 Å². The second-order valence-electron chi connectivity index (χ2n) is 5.42. The number of H-pyrrole nitrogens is 1. The van der Waals surface area contributed by atoms with Gasteiger partial charge >= 0.3 is 5.97 Å². The number of nitrogens with zero attached hydrogens (tertiary/aromatic N) is 3. The summed E-state index contributed by atoms with van der Waals surface area (Å²) in [4.78, 5) is 24.3. The number of hydrogen-bond acceptors (Lipinski definition) is 5. The predicted octanol–water partition coefficient (Wildman–Crippen LogP) is 4.33. The maximum atomic E-state index is 12.6. The van der Waals surface area contributed by atoms with Gasteiger partial charge in [-0.05, 0) is 37.3 Å². The fraction of sp³-hybridized carbons (Fsp3) is 0.111. The summed E-state index contributed by atoms with van der Waals surface area (Å²) in [6.07, 6.45) is 0. The van der Waals surface area contributed by atoms with E-state index in [4.69, 9.17) is 11.6 Å². The smallest absolute Gasteiger partial charge is 0.339 e. The SMILES string of the molecule is COC(=O)c1cc(N=Nc2c(C)[nH]n(-c3ccccc3)c2=O)ccc1Cl. The number of aryl methyl sites for hydroxylation is 1. The highest BCUT2D eigenvalue weighted by molar-refractivity contribution is 6.33. The minimum absolute atomic E-state index is 0.179. The molecular weight excluding hydrogens is 356 g/mol. The molecule has 0 aliphatic carbocycles. The summed E-state index contributed by atoms with van der Waals surface area (Å²) in [5.74, 6) is -0.573. The van der Waals surface area contributed by atoms with Crippen LogP contribution in [0.5, 0.6) is 0 Å². The van der Waals surface area contributed by atoms with Crippen LogP contribution in [0.15, 0.2) is 63.6 Å². The lowest BCUT2D eigenvalue weighted by molar-refractivity contribution is 0.0601. The van der Waals surface area contributed by atoms with E-state index in [1.165, 1.54) is 23.9 Å². The number of rotatable bonds is 4. The molecule has 2 aromatic carbocycles. The molecule has 0 bridgehead atoms. The maximum absolute atomic E-state index is 12.6. The summed E-state index contributed by atoms with van der Waals surface area (Å²) >= 11 is 5.98. The van der Waals surface area contributed by atoms with Gasteiger partial charge in [0.05, 0.1) is 34.8 Å². The zero-order chi connectivity index (χ0) is 18.7. The quantitative estimate of drug-likeness (QED) is 0.547. The molecule has 0 amide bonds. The number of azo groups is 1. The highest BCUT2D eigenvalue weighted by Gasteiger charge is 2.13. The molecule has 0 unspecified atom stereocenters. The van der Waals surface area contributed by atoms with Crippen molar-refractivity contribution < 1.29 is 9.53 Å². The number of esters is 1. The molecule has 0 aliphatic heterocycles. The number of aromatic amines is 1. The molecule has 26 heavy (non-hydrogen) atoms. The Labute approximate surface area is 153 Å². The predicted molar refractivity (Wildman–Crippen MR) is 98.1 cm³/mol. The van der Waals surface area contributed by atoms with E-state index in [9.17, 15) is 9.59 Å². The summed E-state index contributed by atoms with van der Waals surface area (Å²) < 4.78 is 6.07. The van der Waals surface area contributed by atoms with Crippen LogP contribution in [0.25, 0.3) is 5.69 Å². The van der Waals surface area contributed by atoms with E-state index in [-0.39, 0.29) is 21.8 Å². The number of nitrogens with one attached hydrogen (secondary N) is 1. The fourth-order valence-electron chi connectivity index (χ4n) is 2.36. The van der Waals surface area contributed by atoms with Crippen molar-refractivity contribution in [2.75, 3.05) is 7.11 Å². The number of hydrogen-bond donors (Lipinski definition) is 1. The third kappa shape index (κ3) is 3.43. The molecule has 1 N–H and O–H groups in total. The van der Waals surface area contributed by atoms with Crippen LogP contribution in [0.3, 0.4) is 0 Å².